The Morgan fingerprint density at radius 2 is 1.41 bits per heavy atom. The second kappa shape index (κ2) is 9.45. The molecule has 0 heterocycles. The molecule has 29 heavy (non-hydrogen) atoms. The average molecular weight is 468 g/mol. The Bertz CT molecular complexity index is 1080. The van der Waals surface area contributed by atoms with Gasteiger partial charge in [-0.1, -0.05) is 36.4 Å². The monoisotopic (exact) mass is 467 g/mol. The number of hydrogen-bond donors (Lipinski definition) is 3. The van der Waals surface area contributed by atoms with Crippen molar-refractivity contribution in [1.82, 2.24) is 5.32 Å². The predicted octanol–water partition coefficient (Wildman–Crippen LogP) is 5.14. The van der Waals surface area contributed by atoms with Crippen LogP contribution in [0.15, 0.2) is 77.3 Å². The first-order chi connectivity index (χ1) is 13.9. The zero-order chi connectivity index (χ0) is 20.8. The largest absolute Gasteiger partial charge is 0.332 e. The molecule has 0 aromatic heterocycles. The summed E-state index contributed by atoms with van der Waals surface area (Å²) in [5.41, 5.74) is 3.25. The number of carbonyl (C=O) groups excluding carboxylic acids is 2. The van der Waals surface area contributed by atoms with E-state index in [1.165, 1.54) is 0 Å². The molecule has 7 heteroatoms. The van der Waals surface area contributed by atoms with Gasteiger partial charge in [0.1, 0.15) is 0 Å². The number of hydrogen-bond acceptors (Lipinski definition) is 3. The standard InChI is InChI=1S/C22H18BrN3O2S/c1-14-7-2-3-10-17(14)20(27)24-15-8-6-9-16(13-15)25-22(29)26-21(28)18-11-4-5-12-19(18)23/h2-13H,1H3,(H,24,27)(H2,25,26,28,29). The van der Waals surface area contributed by atoms with Crippen LogP contribution in [-0.2, 0) is 0 Å². The fourth-order valence-electron chi connectivity index (χ4n) is 2.68. The minimum absolute atomic E-state index is 0.160. The van der Waals surface area contributed by atoms with E-state index in [4.69, 9.17) is 12.2 Å². The van der Waals surface area contributed by atoms with Gasteiger partial charge in [-0.25, -0.2) is 0 Å². The normalized spacial score (nSPS) is 10.1. The SMILES string of the molecule is Cc1ccccc1C(=O)Nc1cccc(NC(=S)NC(=O)c2ccccc2Br)c1. The maximum absolute atomic E-state index is 12.5. The number of aryl methyl sites for hydroxylation is 1. The van der Waals surface area contributed by atoms with Crippen LogP contribution in [0, 0.1) is 6.92 Å². The van der Waals surface area contributed by atoms with Crippen LogP contribution in [-0.4, -0.2) is 16.9 Å². The van der Waals surface area contributed by atoms with E-state index >= 15 is 0 Å². The van der Waals surface area contributed by atoms with E-state index in [2.05, 4.69) is 31.9 Å². The topological polar surface area (TPSA) is 70.2 Å². The summed E-state index contributed by atoms with van der Waals surface area (Å²) in [5.74, 6) is -0.510. The highest BCUT2D eigenvalue weighted by Crippen LogP contribution is 2.18. The number of rotatable bonds is 4. The summed E-state index contributed by atoms with van der Waals surface area (Å²) in [6, 6.07) is 21.6. The van der Waals surface area contributed by atoms with Crippen LogP contribution in [0.25, 0.3) is 0 Å². The van der Waals surface area contributed by atoms with Gasteiger partial charge in [0, 0.05) is 21.4 Å². The highest BCUT2D eigenvalue weighted by atomic mass is 79.9. The molecular formula is C22H18BrN3O2S. The van der Waals surface area contributed by atoms with Crippen molar-refractivity contribution in [1.29, 1.82) is 0 Å². The summed E-state index contributed by atoms with van der Waals surface area (Å²) >= 11 is 8.58. The molecule has 0 bridgehead atoms. The average Bonchev–Trinajstić information content (AvgIpc) is 2.68. The van der Waals surface area contributed by atoms with Crippen molar-refractivity contribution < 1.29 is 9.59 Å². The Morgan fingerprint density at radius 1 is 0.793 bits per heavy atom. The molecule has 0 spiro atoms. The Kier molecular flexibility index (Phi) is 6.74. The molecule has 3 N–H and O–H groups in total. The highest BCUT2D eigenvalue weighted by molar-refractivity contribution is 9.10. The van der Waals surface area contributed by atoms with Crippen molar-refractivity contribution in [3.63, 3.8) is 0 Å². The van der Waals surface area contributed by atoms with E-state index in [1.807, 2.05) is 31.2 Å². The van der Waals surface area contributed by atoms with Crippen LogP contribution < -0.4 is 16.0 Å². The molecule has 146 valence electrons. The highest BCUT2D eigenvalue weighted by Gasteiger charge is 2.12. The van der Waals surface area contributed by atoms with Gasteiger partial charge < -0.3 is 10.6 Å². The summed E-state index contributed by atoms with van der Waals surface area (Å²) in [7, 11) is 0. The van der Waals surface area contributed by atoms with E-state index in [0.29, 0.717) is 27.0 Å². The van der Waals surface area contributed by atoms with E-state index < -0.39 is 0 Å². The Hall–Kier alpha value is -3.03. The van der Waals surface area contributed by atoms with Gasteiger partial charge in [-0.2, -0.15) is 0 Å². The first kappa shape index (κ1) is 20.7. The van der Waals surface area contributed by atoms with Crippen molar-refractivity contribution in [3.05, 3.63) is 94.0 Å². The third-order valence-corrected chi connectivity index (χ3v) is 5.01. The van der Waals surface area contributed by atoms with Gasteiger partial charge in [-0.3, -0.25) is 14.9 Å². The number of nitrogens with one attached hydrogen (secondary N) is 3. The first-order valence-electron chi connectivity index (χ1n) is 8.78. The van der Waals surface area contributed by atoms with Gasteiger partial charge in [0.05, 0.1) is 5.56 Å². The third kappa shape index (κ3) is 5.49. The number of halogens is 1. The lowest BCUT2D eigenvalue weighted by molar-refractivity contribution is 0.0975. The summed E-state index contributed by atoms with van der Waals surface area (Å²) in [6.45, 7) is 1.89. The van der Waals surface area contributed by atoms with E-state index in [1.54, 1.807) is 48.5 Å². The molecule has 0 radical (unpaired) electrons. The van der Waals surface area contributed by atoms with E-state index in [-0.39, 0.29) is 16.9 Å². The number of anilines is 2. The maximum atomic E-state index is 12.5. The summed E-state index contributed by atoms with van der Waals surface area (Å²) in [4.78, 5) is 24.8. The summed E-state index contributed by atoms with van der Waals surface area (Å²) in [6.07, 6.45) is 0. The minimum atomic E-state index is -0.320. The zero-order valence-corrected chi connectivity index (χ0v) is 17.9. The van der Waals surface area contributed by atoms with Crippen LogP contribution in [0.4, 0.5) is 11.4 Å². The molecule has 3 rings (SSSR count). The Morgan fingerprint density at radius 3 is 2.10 bits per heavy atom. The molecule has 0 unspecified atom stereocenters. The molecule has 2 amide bonds. The lowest BCUT2D eigenvalue weighted by Crippen LogP contribution is -2.34. The van der Waals surface area contributed by atoms with Crippen molar-refractivity contribution in [2.75, 3.05) is 10.6 Å². The quantitative estimate of drug-likeness (QED) is 0.464. The zero-order valence-electron chi connectivity index (χ0n) is 15.5. The fourth-order valence-corrected chi connectivity index (χ4v) is 3.35. The van der Waals surface area contributed by atoms with E-state index in [0.717, 1.165) is 5.56 Å². The van der Waals surface area contributed by atoms with Gasteiger partial charge in [0.2, 0.25) is 0 Å². The summed E-state index contributed by atoms with van der Waals surface area (Å²) in [5, 5.41) is 8.63. The van der Waals surface area contributed by atoms with Crippen LogP contribution in [0.2, 0.25) is 0 Å². The van der Waals surface area contributed by atoms with Gasteiger partial charge in [-0.05, 0) is 77.0 Å². The first-order valence-corrected chi connectivity index (χ1v) is 9.98. The smallest absolute Gasteiger partial charge is 0.258 e. The minimum Gasteiger partial charge on any atom is -0.332 e. The molecule has 0 aliphatic rings. The molecule has 5 nitrogen and oxygen atoms in total. The second-order valence-electron chi connectivity index (χ2n) is 6.24. The number of thiocarbonyl (C=S) groups is 1. The molecule has 0 atom stereocenters. The second-order valence-corrected chi connectivity index (χ2v) is 7.50. The van der Waals surface area contributed by atoms with Gasteiger partial charge >= 0.3 is 0 Å². The third-order valence-electron chi connectivity index (χ3n) is 4.11. The van der Waals surface area contributed by atoms with Crippen molar-refractivity contribution in [2.24, 2.45) is 0 Å². The predicted molar refractivity (Wildman–Crippen MR) is 123 cm³/mol. The molecule has 0 saturated carbocycles. The van der Waals surface area contributed by atoms with Crippen molar-refractivity contribution in [3.8, 4) is 0 Å². The Labute approximate surface area is 182 Å². The molecule has 3 aromatic carbocycles. The number of carbonyl (C=O) groups is 2. The van der Waals surface area contributed by atoms with Crippen molar-refractivity contribution in [2.45, 2.75) is 6.92 Å². The molecule has 3 aromatic rings. The molecule has 0 aliphatic heterocycles. The van der Waals surface area contributed by atoms with Gasteiger partial charge in [-0.15, -0.1) is 0 Å². The lowest BCUT2D eigenvalue weighted by atomic mass is 10.1. The number of benzene rings is 3. The molecule has 0 fully saturated rings. The molecule has 0 aliphatic carbocycles. The van der Waals surface area contributed by atoms with Crippen LogP contribution in [0.1, 0.15) is 26.3 Å². The molecular weight excluding hydrogens is 450 g/mol. The van der Waals surface area contributed by atoms with Crippen LogP contribution in [0.3, 0.4) is 0 Å². The van der Waals surface area contributed by atoms with E-state index in [9.17, 15) is 9.59 Å². The van der Waals surface area contributed by atoms with Gasteiger partial charge in [0.15, 0.2) is 5.11 Å². The van der Waals surface area contributed by atoms with Crippen LogP contribution in [0.5, 0.6) is 0 Å². The fraction of sp³-hybridized carbons (Fsp3) is 0.0455. The lowest BCUT2D eigenvalue weighted by Gasteiger charge is -2.12. The Balaban J connectivity index is 1.64. The van der Waals surface area contributed by atoms with Crippen LogP contribution >= 0.6 is 28.1 Å². The number of amides is 2. The molecule has 0 saturated heterocycles. The van der Waals surface area contributed by atoms with Gasteiger partial charge in [0.25, 0.3) is 11.8 Å². The summed E-state index contributed by atoms with van der Waals surface area (Å²) < 4.78 is 0.682. The van der Waals surface area contributed by atoms with Crippen molar-refractivity contribution >= 4 is 56.4 Å². The maximum Gasteiger partial charge on any atom is 0.258 e.